The summed E-state index contributed by atoms with van der Waals surface area (Å²) < 4.78 is 7.45. The summed E-state index contributed by atoms with van der Waals surface area (Å²) in [5, 5.41) is 13.8. The van der Waals surface area contributed by atoms with E-state index in [9.17, 15) is 5.11 Å². The van der Waals surface area contributed by atoms with Gasteiger partial charge in [-0.15, -0.1) is 0 Å². The highest BCUT2D eigenvalue weighted by Gasteiger charge is 2.17. The Morgan fingerprint density at radius 1 is 1.07 bits per heavy atom. The topological polar surface area (TPSA) is 58.8 Å². The van der Waals surface area contributed by atoms with Gasteiger partial charge in [0.25, 0.3) is 0 Å². The maximum atomic E-state index is 10.3. The number of methoxy groups -OCH3 is 1. The van der Waals surface area contributed by atoms with Crippen LogP contribution in [0.1, 0.15) is 11.1 Å². The quantitative estimate of drug-likeness (QED) is 0.545. The molecule has 0 amide bonds. The Balaban J connectivity index is 1.80. The normalized spacial score (nSPS) is 10.9. The van der Waals surface area contributed by atoms with Crippen molar-refractivity contribution < 1.29 is 9.84 Å². The lowest BCUT2D eigenvalue weighted by atomic mass is 10.1. The highest BCUT2D eigenvalue weighted by Crippen LogP contribution is 2.35. The van der Waals surface area contributed by atoms with Crippen molar-refractivity contribution in [3.63, 3.8) is 0 Å². The van der Waals surface area contributed by atoms with Crippen molar-refractivity contribution in [2.45, 2.75) is 13.5 Å². The molecule has 0 saturated carbocycles. The van der Waals surface area contributed by atoms with E-state index in [0.29, 0.717) is 17.8 Å². The Bertz CT molecular complexity index is 1100. The van der Waals surface area contributed by atoms with Crippen LogP contribution >= 0.6 is 0 Å². The van der Waals surface area contributed by atoms with E-state index in [1.165, 1.54) is 0 Å². The number of hydrogen-bond donors (Lipinski definition) is 2. The number of anilines is 1. The second-order valence-electron chi connectivity index (χ2n) is 6.42. The molecule has 136 valence electrons. The first-order chi connectivity index (χ1) is 13.2. The van der Waals surface area contributed by atoms with Crippen molar-refractivity contribution in [1.82, 2.24) is 9.38 Å². The van der Waals surface area contributed by atoms with Gasteiger partial charge in [-0.05, 0) is 42.8 Å². The van der Waals surface area contributed by atoms with E-state index < -0.39 is 0 Å². The zero-order valence-corrected chi connectivity index (χ0v) is 15.3. The van der Waals surface area contributed by atoms with Crippen molar-refractivity contribution in [2.75, 3.05) is 12.4 Å². The lowest BCUT2D eigenvalue weighted by molar-refractivity contribution is 0.410. The molecule has 27 heavy (non-hydrogen) atoms. The van der Waals surface area contributed by atoms with Crippen LogP contribution in [0.5, 0.6) is 11.5 Å². The number of rotatable bonds is 5. The van der Waals surface area contributed by atoms with Gasteiger partial charge in [0, 0.05) is 23.9 Å². The molecular formula is C22H21N3O2. The molecule has 0 bridgehead atoms. The minimum atomic E-state index is 0.206. The summed E-state index contributed by atoms with van der Waals surface area (Å²) in [4.78, 5) is 4.77. The van der Waals surface area contributed by atoms with Crippen LogP contribution in [0, 0.1) is 6.92 Å². The second kappa shape index (κ2) is 7.03. The first kappa shape index (κ1) is 17.0. The van der Waals surface area contributed by atoms with E-state index in [4.69, 9.17) is 9.72 Å². The van der Waals surface area contributed by atoms with Crippen LogP contribution in [0.3, 0.4) is 0 Å². The number of aromatic hydroxyl groups is 1. The van der Waals surface area contributed by atoms with Crippen molar-refractivity contribution >= 4 is 11.5 Å². The molecule has 0 unspecified atom stereocenters. The van der Waals surface area contributed by atoms with Gasteiger partial charge in [0.05, 0.1) is 7.11 Å². The molecule has 4 aromatic rings. The van der Waals surface area contributed by atoms with Crippen molar-refractivity contribution in [2.24, 2.45) is 0 Å². The number of para-hydroxylation sites is 2. The smallest absolute Gasteiger partial charge is 0.139 e. The molecule has 2 heterocycles. The van der Waals surface area contributed by atoms with Gasteiger partial charge in [0.1, 0.15) is 28.7 Å². The molecule has 0 aliphatic heterocycles. The zero-order valence-electron chi connectivity index (χ0n) is 15.3. The van der Waals surface area contributed by atoms with Gasteiger partial charge < -0.3 is 15.2 Å². The van der Waals surface area contributed by atoms with Crippen molar-refractivity contribution in [1.29, 1.82) is 0 Å². The maximum absolute atomic E-state index is 10.3. The number of ether oxygens (including phenoxy) is 1. The number of aryl methyl sites for hydroxylation is 1. The first-order valence-electron chi connectivity index (χ1n) is 8.80. The van der Waals surface area contributed by atoms with Gasteiger partial charge >= 0.3 is 0 Å². The Labute approximate surface area is 157 Å². The Hall–Kier alpha value is -3.47. The molecule has 2 aromatic carbocycles. The highest BCUT2D eigenvalue weighted by molar-refractivity contribution is 5.80. The average Bonchev–Trinajstić information content (AvgIpc) is 3.04. The molecular weight excluding hydrogens is 338 g/mol. The molecule has 2 N–H and O–H groups in total. The van der Waals surface area contributed by atoms with Gasteiger partial charge in [0.15, 0.2) is 0 Å². The molecule has 0 spiro atoms. The predicted octanol–water partition coefficient (Wildman–Crippen LogP) is 4.64. The molecule has 5 nitrogen and oxygen atoms in total. The number of nitrogens with zero attached hydrogens (tertiary/aromatic N) is 2. The van der Waals surface area contributed by atoms with Gasteiger partial charge in [-0.3, -0.25) is 4.40 Å². The number of phenols is 1. The lowest BCUT2D eigenvalue weighted by Gasteiger charge is -2.12. The van der Waals surface area contributed by atoms with Crippen molar-refractivity contribution in [3.8, 4) is 22.8 Å². The molecule has 0 saturated heterocycles. The third kappa shape index (κ3) is 3.19. The summed E-state index contributed by atoms with van der Waals surface area (Å²) in [5.74, 6) is 1.87. The summed E-state index contributed by atoms with van der Waals surface area (Å²) in [6.45, 7) is 2.61. The number of hydrogen-bond acceptors (Lipinski definition) is 4. The van der Waals surface area contributed by atoms with Crippen LogP contribution in [-0.2, 0) is 6.54 Å². The van der Waals surface area contributed by atoms with Crippen molar-refractivity contribution in [3.05, 3.63) is 78.0 Å². The minimum Gasteiger partial charge on any atom is -0.507 e. The second-order valence-corrected chi connectivity index (χ2v) is 6.42. The van der Waals surface area contributed by atoms with E-state index in [0.717, 1.165) is 28.3 Å². The van der Waals surface area contributed by atoms with Gasteiger partial charge in [0.2, 0.25) is 0 Å². The fourth-order valence-electron chi connectivity index (χ4n) is 3.21. The third-order valence-electron chi connectivity index (χ3n) is 4.58. The molecule has 5 heteroatoms. The zero-order chi connectivity index (χ0) is 18.8. The van der Waals surface area contributed by atoms with Crippen LogP contribution in [0.15, 0.2) is 66.9 Å². The predicted molar refractivity (Wildman–Crippen MR) is 107 cm³/mol. The Kier molecular flexibility index (Phi) is 4.42. The summed E-state index contributed by atoms with van der Waals surface area (Å²) >= 11 is 0. The first-order valence-corrected chi connectivity index (χ1v) is 8.80. The van der Waals surface area contributed by atoms with Gasteiger partial charge in [-0.25, -0.2) is 4.98 Å². The monoisotopic (exact) mass is 359 g/mol. The highest BCUT2D eigenvalue weighted by atomic mass is 16.5. The number of fused-ring (bicyclic) bond motifs is 1. The molecule has 0 radical (unpaired) electrons. The van der Waals surface area contributed by atoms with Crippen LogP contribution < -0.4 is 10.1 Å². The number of phenolic OH excluding ortho intramolecular Hbond substituents is 1. The molecule has 0 aliphatic rings. The molecule has 0 aliphatic carbocycles. The van der Waals surface area contributed by atoms with E-state index in [-0.39, 0.29) is 5.75 Å². The fourth-order valence-corrected chi connectivity index (χ4v) is 3.21. The maximum Gasteiger partial charge on any atom is 0.139 e. The largest absolute Gasteiger partial charge is 0.507 e. The van der Waals surface area contributed by atoms with Gasteiger partial charge in [-0.1, -0.05) is 30.3 Å². The van der Waals surface area contributed by atoms with E-state index in [2.05, 4.69) is 5.32 Å². The number of imidazole rings is 1. The summed E-state index contributed by atoms with van der Waals surface area (Å²) in [5.41, 5.74) is 4.42. The molecule has 0 atom stereocenters. The number of pyridine rings is 1. The summed E-state index contributed by atoms with van der Waals surface area (Å²) in [6, 6.07) is 19.2. The van der Waals surface area contributed by atoms with E-state index >= 15 is 0 Å². The number of nitrogens with one attached hydrogen (secondary N) is 1. The summed E-state index contributed by atoms with van der Waals surface area (Å²) in [6.07, 6.45) is 1.99. The van der Waals surface area contributed by atoms with Crippen LogP contribution in [0.2, 0.25) is 0 Å². The standard InChI is InChI=1S/C22H21N3O2/c1-15-11-12-25-20(13-15)24-21(17-8-4-5-9-18(17)26)22(25)23-14-16-7-3-6-10-19(16)27-2/h3-13,23,26H,14H2,1-2H3. The van der Waals surface area contributed by atoms with Crippen LogP contribution in [0.25, 0.3) is 16.9 Å². The minimum absolute atomic E-state index is 0.206. The fraction of sp³-hybridized carbons (Fsp3) is 0.136. The number of benzene rings is 2. The number of aromatic nitrogens is 2. The Morgan fingerprint density at radius 2 is 1.85 bits per heavy atom. The van der Waals surface area contributed by atoms with E-state index in [1.54, 1.807) is 19.2 Å². The molecule has 0 fully saturated rings. The van der Waals surface area contributed by atoms with E-state index in [1.807, 2.05) is 66.1 Å². The summed E-state index contributed by atoms with van der Waals surface area (Å²) in [7, 11) is 1.67. The SMILES string of the molecule is COc1ccccc1CNc1c(-c2ccccc2O)nc2cc(C)ccn12. The molecule has 2 aromatic heterocycles. The Morgan fingerprint density at radius 3 is 2.67 bits per heavy atom. The molecule has 4 rings (SSSR count). The van der Waals surface area contributed by atoms with Gasteiger partial charge in [-0.2, -0.15) is 0 Å². The third-order valence-corrected chi connectivity index (χ3v) is 4.58. The average molecular weight is 359 g/mol. The lowest BCUT2D eigenvalue weighted by Crippen LogP contribution is -2.05. The van der Waals surface area contributed by atoms with Crippen LogP contribution in [0.4, 0.5) is 5.82 Å². The van der Waals surface area contributed by atoms with Crippen LogP contribution in [-0.4, -0.2) is 21.6 Å².